The Balaban J connectivity index is 2.99. The van der Waals surface area contributed by atoms with Crippen molar-refractivity contribution in [1.82, 2.24) is 0 Å². The fraction of sp³-hybridized carbons (Fsp3) is 0.600. The van der Waals surface area contributed by atoms with E-state index < -0.39 is 6.10 Å². The molecule has 0 aliphatic rings. The van der Waals surface area contributed by atoms with Crippen LogP contribution in [0.15, 0.2) is 18.2 Å². The number of hydrogen-bond acceptors (Lipinski definition) is 4. The number of rotatable bonds is 7. The fourth-order valence-corrected chi connectivity index (χ4v) is 2.28. The average molecular weight is 267 g/mol. The van der Waals surface area contributed by atoms with Gasteiger partial charge < -0.3 is 20.3 Å². The molecule has 0 radical (unpaired) electrons. The number of methoxy groups -OCH3 is 2. The van der Waals surface area contributed by atoms with Crippen molar-refractivity contribution in [2.45, 2.75) is 26.4 Å². The molecule has 4 heteroatoms. The summed E-state index contributed by atoms with van der Waals surface area (Å²) in [4.78, 5) is 0. The molecule has 2 unspecified atom stereocenters. The van der Waals surface area contributed by atoms with Gasteiger partial charge in [0.2, 0.25) is 0 Å². The normalized spacial score (nSPS) is 14.3. The minimum absolute atomic E-state index is 0.0299. The molecular formula is C15H25NO3. The first-order valence-electron chi connectivity index (χ1n) is 6.63. The first kappa shape index (κ1) is 15.8. The third-order valence-corrected chi connectivity index (χ3v) is 3.28. The molecule has 1 aromatic carbocycles. The topological polar surface area (TPSA) is 64.7 Å². The molecule has 0 aliphatic carbocycles. The zero-order valence-corrected chi connectivity index (χ0v) is 12.2. The predicted octanol–water partition coefficient (Wildman–Crippen LogP) is 2.36. The van der Waals surface area contributed by atoms with Crippen LogP contribution in [0.1, 0.15) is 31.9 Å². The van der Waals surface area contributed by atoms with Gasteiger partial charge in [0.05, 0.1) is 20.3 Å². The quantitative estimate of drug-likeness (QED) is 0.796. The lowest BCUT2D eigenvalue weighted by Crippen LogP contribution is -2.24. The van der Waals surface area contributed by atoms with E-state index in [-0.39, 0.29) is 5.92 Å². The highest BCUT2D eigenvalue weighted by Crippen LogP contribution is 2.34. The van der Waals surface area contributed by atoms with E-state index >= 15 is 0 Å². The molecule has 19 heavy (non-hydrogen) atoms. The standard InChI is InChI=1S/C15H25NO3/c1-10(2)7-11(9-16)15(17)13-6-5-12(18-3)8-14(13)19-4/h5-6,8,10-11,15,17H,7,9,16H2,1-4H3. The highest BCUT2D eigenvalue weighted by Gasteiger charge is 2.23. The van der Waals surface area contributed by atoms with Crippen molar-refractivity contribution in [2.24, 2.45) is 17.6 Å². The maximum Gasteiger partial charge on any atom is 0.128 e. The minimum atomic E-state index is -0.617. The van der Waals surface area contributed by atoms with E-state index in [1.165, 1.54) is 0 Å². The Labute approximate surface area is 115 Å². The van der Waals surface area contributed by atoms with Gasteiger partial charge in [0, 0.05) is 17.5 Å². The van der Waals surface area contributed by atoms with Crippen LogP contribution in [0.25, 0.3) is 0 Å². The third-order valence-electron chi connectivity index (χ3n) is 3.28. The second-order valence-corrected chi connectivity index (χ2v) is 5.18. The van der Waals surface area contributed by atoms with Crippen molar-refractivity contribution < 1.29 is 14.6 Å². The van der Waals surface area contributed by atoms with Gasteiger partial charge in [-0.25, -0.2) is 0 Å². The summed E-state index contributed by atoms with van der Waals surface area (Å²) in [5.41, 5.74) is 6.54. The maximum atomic E-state index is 10.5. The van der Waals surface area contributed by atoms with Crippen LogP contribution in [0.4, 0.5) is 0 Å². The molecule has 1 aromatic rings. The van der Waals surface area contributed by atoms with Crippen LogP contribution in [-0.4, -0.2) is 25.9 Å². The summed E-state index contributed by atoms with van der Waals surface area (Å²) in [6, 6.07) is 5.44. The van der Waals surface area contributed by atoms with Crippen LogP contribution in [0.5, 0.6) is 11.5 Å². The van der Waals surface area contributed by atoms with Gasteiger partial charge in [-0.3, -0.25) is 0 Å². The summed E-state index contributed by atoms with van der Waals surface area (Å²) >= 11 is 0. The summed E-state index contributed by atoms with van der Waals surface area (Å²) in [7, 11) is 3.19. The molecule has 4 nitrogen and oxygen atoms in total. The van der Waals surface area contributed by atoms with Crippen LogP contribution in [0, 0.1) is 11.8 Å². The zero-order valence-electron chi connectivity index (χ0n) is 12.2. The molecule has 0 saturated carbocycles. The molecule has 0 saturated heterocycles. The Morgan fingerprint density at radius 2 is 1.89 bits per heavy atom. The van der Waals surface area contributed by atoms with E-state index in [0.29, 0.717) is 24.0 Å². The summed E-state index contributed by atoms with van der Waals surface area (Å²) in [6.45, 7) is 4.70. The molecule has 0 fully saturated rings. The van der Waals surface area contributed by atoms with Gasteiger partial charge in [0.25, 0.3) is 0 Å². The van der Waals surface area contributed by atoms with E-state index in [9.17, 15) is 5.11 Å². The third kappa shape index (κ3) is 4.11. The molecule has 0 aromatic heterocycles. The summed E-state index contributed by atoms with van der Waals surface area (Å²) in [6.07, 6.45) is 0.264. The van der Waals surface area contributed by atoms with E-state index in [1.54, 1.807) is 20.3 Å². The molecule has 3 N–H and O–H groups in total. The maximum absolute atomic E-state index is 10.5. The Morgan fingerprint density at radius 1 is 1.21 bits per heavy atom. The molecular weight excluding hydrogens is 242 g/mol. The molecule has 0 bridgehead atoms. The molecule has 0 heterocycles. The number of benzene rings is 1. The van der Waals surface area contributed by atoms with Crippen LogP contribution < -0.4 is 15.2 Å². The second-order valence-electron chi connectivity index (χ2n) is 5.18. The van der Waals surface area contributed by atoms with E-state index in [0.717, 1.165) is 12.0 Å². The Hall–Kier alpha value is -1.26. The Bertz CT molecular complexity index is 393. The summed E-state index contributed by atoms with van der Waals surface area (Å²) < 4.78 is 10.5. The molecule has 0 amide bonds. The summed E-state index contributed by atoms with van der Waals surface area (Å²) in [5, 5.41) is 10.5. The molecule has 1 rings (SSSR count). The SMILES string of the molecule is COc1ccc(C(O)C(CN)CC(C)C)c(OC)c1. The van der Waals surface area contributed by atoms with Crippen LogP contribution in [0.2, 0.25) is 0 Å². The van der Waals surface area contributed by atoms with Gasteiger partial charge in [-0.05, 0) is 31.0 Å². The number of hydrogen-bond donors (Lipinski definition) is 2. The van der Waals surface area contributed by atoms with Crippen molar-refractivity contribution in [1.29, 1.82) is 0 Å². The lowest BCUT2D eigenvalue weighted by Gasteiger charge is -2.25. The fourth-order valence-electron chi connectivity index (χ4n) is 2.28. The molecule has 0 aliphatic heterocycles. The van der Waals surface area contributed by atoms with Crippen molar-refractivity contribution in [3.63, 3.8) is 0 Å². The van der Waals surface area contributed by atoms with Gasteiger partial charge in [0.15, 0.2) is 0 Å². The van der Waals surface area contributed by atoms with Gasteiger partial charge in [-0.2, -0.15) is 0 Å². The van der Waals surface area contributed by atoms with Crippen molar-refractivity contribution in [2.75, 3.05) is 20.8 Å². The lowest BCUT2D eigenvalue weighted by molar-refractivity contribution is 0.0967. The van der Waals surface area contributed by atoms with Gasteiger partial charge in [0.1, 0.15) is 11.5 Å². The highest BCUT2D eigenvalue weighted by molar-refractivity contribution is 5.42. The van der Waals surface area contributed by atoms with Crippen molar-refractivity contribution >= 4 is 0 Å². The van der Waals surface area contributed by atoms with Gasteiger partial charge in [-0.1, -0.05) is 13.8 Å². The van der Waals surface area contributed by atoms with E-state index in [4.69, 9.17) is 15.2 Å². The predicted molar refractivity (Wildman–Crippen MR) is 76.5 cm³/mol. The summed E-state index contributed by atoms with van der Waals surface area (Å²) in [5.74, 6) is 1.87. The molecule has 0 spiro atoms. The second kappa shape index (κ2) is 7.36. The lowest BCUT2D eigenvalue weighted by atomic mass is 9.88. The number of ether oxygens (including phenoxy) is 2. The number of nitrogens with two attached hydrogens (primary N) is 1. The number of aliphatic hydroxyl groups excluding tert-OH is 1. The number of aliphatic hydroxyl groups is 1. The van der Waals surface area contributed by atoms with Crippen molar-refractivity contribution in [3.05, 3.63) is 23.8 Å². The largest absolute Gasteiger partial charge is 0.497 e. The first-order valence-corrected chi connectivity index (χ1v) is 6.63. The minimum Gasteiger partial charge on any atom is -0.497 e. The van der Waals surface area contributed by atoms with Crippen LogP contribution in [0.3, 0.4) is 0 Å². The van der Waals surface area contributed by atoms with Gasteiger partial charge >= 0.3 is 0 Å². The smallest absolute Gasteiger partial charge is 0.128 e. The van der Waals surface area contributed by atoms with Crippen LogP contribution >= 0.6 is 0 Å². The first-order chi connectivity index (χ1) is 9.03. The Morgan fingerprint density at radius 3 is 2.37 bits per heavy atom. The monoisotopic (exact) mass is 267 g/mol. The average Bonchev–Trinajstić information content (AvgIpc) is 2.42. The van der Waals surface area contributed by atoms with E-state index in [2.05, 4.69) is 13.8 Å². The van der Waals surface area contributed by atoms with Crippen molar-refractivity contribution in [3.8, 4) is 11.5 Å². The van der Waals surface area contributed by atoms with Gasteiger partial charge in [-0.15, -0.1) is 0 Å². The Kier molecular flexibility index (Phi) is 6.12. The van der Waals surface area contributed by atoms with Crippen LogP contribution in [-0.2, 0) is 0 Å². The highest BCUT2D eigenvalue weighted by atomic mass is 16.5. The molecule has 108 valence electrons. The molecule has 2 atom stereocenters. The van der Waals surface area contributed by atoms with E-state index in [1.807, 2.05) is 12.1 Å². The zero-order chi connectivity index (χ0) is 14.4.